The molecule has 0 unspecified atom stereocenters. The highest BCUT2D eigenvalue weighted by Gasteiger charge is 2.34. The summed E-state index contributed by atoms with van der Waals surface area (Å²) in [6, 6.07) is 18.7. The summed E-state index contributed by atoms with van der Waals surface area (Å²) in [5.41, 5.74) is 4.42. The highest BCUT2D eigenvalue weighted by molar-refractivity contribution is 5.71. The van der Waals surface area contributed by atoms with Gasteiger partial charge in [0.25, 0.3) is 0 Å². The Kier molecular flexibility index (Phi) is 7.91. The molecule has 0 heterocycles. The van der Waals surface area contributed by atoms with E-state index in [-0.39, 0.29) is 29.5 Å². The fourth-order valence-electron chi connectivity index (χ4n) is 4.85. The summed E-state index contributed by atoms with van der Waals surface area (Å²) in [6.45, 7) is 9.09. The molecule has 196 valence electrons. The molecule has 1 aliphatic rings. The third kappa shape index (κ3) is 6.51. The lowest BCUT2D eigenvalue weighted by molar-refractivity contribution is -0.137. The van der Waals surface area contributed by atoms with Crippen LogP contribution in [0.15, 0.2) is 60.7 Å². The Hall–Kier alpha value is -3.34. The number of hydrogen-bond acceptors (Lipinski definition) is 3. The Morgan fingerprint density at radius 2 is 1.78 bits per heavy atom. The van der Waals surface area contributed by atoms with Crippen molar-refractivity contribution in [1.29, 1.82) is 0 Å². The highest BCUT2D eigenvalue weighted by atomic mass is 19.1. The molecule has 4 nitrogen and oxygen atoms in total. The maximum absolute atomic E-state index is 14.9. The molecule has 3 aromatic carbocycles. The molecule has 1 N–H and O–H groups in total. The van der Waals surface area contributed by atoms with Crippen LogP contribution in [0, 0.1) is 17.2 Å². The van der Waals surface area contributed by atoms with Gasteiger partial charge in [0.1, 0.15) is 23.9 Å². The minimum Gasteiger partial charge on any atom is -0.497 e. The molecule has 0 aromatic heterocycles. The number of carboxylic acid groups (broad SMARTS) is 1. The topological polar surface area (TPSA) is 55.8 Å². The molecule has 0 amide bonds. The van der Waals surface area contributed by atoms with Crippen LogP contribution >= 0.6 is 0 Å². The molecule has 1 aliphatic carbocycles. The summed E-state index contributed by atoms with van der Waals surface area (Å²) < 4.78 is 26.5. The van der Waals surface area contributed by atoms with Crippen molar-refractivity contribution in [3.05, 3.63) is 83.2 Å². The van der Waals surface area contributed by atoms with Crippen LogP contribution in [-0.2, 0) is 11.4 Å². The fraction of sp³-hybridized carbons (Fsp3) is 0.406. The molecule has 2 atom stereocenters. The molecular weight excluding hydrogens is 467 g/mol. The first-order valence-electron chi connectivity index (χ1n) is 13.0. The van der Waals surface area contributed by atoms with Crippen LogP contribution in [0.2, 0.25) is 0 Å². The van der Waals surface area contributed by atoms with Gasteiger partial charge in [-0.05, 0) is 88.6 Å². The summed E-state index contributed by atoms with van der Waals surface area (Å²) >= 11 is 0. The second kappa shape index (κ2) is 11.0. The van der Waals surface area contributed by atoms with Gasteiger partial charge in [-0.15, -0.1) is 0 Å². The maximum atomic E-state index is 14.9. The molecule has 3 aromatic rings. The highest BCUT2D eigenvalue weighted by Crippen LogP contribution is 2.45. The third-order valence-corrected chi connectivity index (χ3v) is 7.62. The molecule has 0 aliphatic heterocycles. The van der Waals surface area contributed by atoms with E-state index < -0.39 is 5.97 Å². The van der Waals surface area contributed by atoms with Gasteiger partial charge in [-0.3, -0.25) is 4.79 Å². The van der Waals surface area contributed by atoms with Crippen molar-refractivity contribution in [3.8, 4) is 22.6 Å². The second-order valence-corrected chi connectivity index (χ2v) is 11.3. The Labute approximate surface area is 219 Å². The molecule has 0 saturated heterocycles. The zero-order chi connectivity index (χ0) is 26.7. The van der Waals surface area contributed by atoms with E-state index in [0.29, 0.717) is 23.8 Å². The van der Waals surface area contributed by atoms with E-state index in [9.17, 15) is 14.3 Å². The summed E-state index contributed by atoms with van der Waals surface area (Å²) in [7, 11) is 1.58. The normalized spacial score (nSPS) is 15.2. The Morgan fingerprint density at radius 1 is 1.03 bits per heavy atom. The molecule has 0 radical (unpaired) electrons. The number of carboxylic acids is 1. The van der Waals surface area contributed by atoms with Crippen LogP contribution in [0.5, 0.6) is 11.5 Å². The predicted octanol–water partition coefficient (Wildman–Crippen LogP) is 8.20. The van der Waals surface area contributed by atoms with Crippen LogP contribution in [0.1, 0.15) is 75.5 Å². The molecule has 0 spiro atoms. The van der Waals surface area contributed by atoms with Crippen molar-refractivity contribution < 1.29 is 23.8 Å². The predicted molar refractivity (Wildman–Crippen MR) is 145 cm³/mol. The van der Waals surface area contributed by atoms with E-state index in [1.54, 1.807) is 19.2 Å². The van der Waals surface area contributed by atoms with E-state index in [1.165, 1.54) is 6.07 Å². The number of benzene rings is 3. The van der Waals surface area contributed by atoms with Crippen molar-refractivity contribution in [2.24, 2.45) is 11.3 Å². The van der Waals surface area contributed by atoms with Crippen molar-refractivity contribution in [1.82, 2.24) is 0 Å². The Balaban J connectivity index is 1.61. The number of hydrogen-bond donors (Lipinski definition) is 1. The number of carbonyl (C=O) groups is 1. The van der Waals surface area contributed by atoms with Crippen molar-refractivity contribution >= 4 is 5.97 Å². The van der Waals surface area contributed by atoms with Crippen LogP contribution in [-0.4, -0.2) is 18.2 Å². The molecule has 1 saturated carbocycles. The quantitative estimate of drug-likeness (QED) is 0.302. The fourth-order valence-corrected chi connectivity index (χ4v) is 4.85. The monoisotopic (exact) mass is 504 g/mol. The van der Waals surface area contributed by atoms with Crippen molar-refractivity contribution in [2.45, 2.75) is 65.4 Å². The van der Waals surface area contributed by atoms with Crippen LogP contribution < -0.4 is 9.47 Å². The number of aliphatic carboxylic acids is 1. The average molecular weight is 505 g/mol. The van der Waals surface area contributed by atoms with Gasteiger partial charge in [-0.2, -0.15) is 0 Å². The van der Waals surface area contributed by atoms with Gasteiger partial charge in [0.05, 0.1) is 13.5 Å². The molecule has 37 heavy (non-hydrogen) atoms. The summed E-state index contributed by atoms with van der Waals surface area (Å²) in [6.07, 6.45) is 2.31. The number of ether oxygens (including phenoxy) is 2. The van der Waals surface area contributed by atoms with Gasteiger partial charge < -0.3 is 14.6 Å². The van der Waals surface area contributed by atoms with Gasteiger partial charge in [0.2, 0.25) is 0 Å². The molecule has 1 fully saturated rings. The minimum atomic E-state index is -0.767. The average Bonchev–Trinajstić information content (AvgIpc) is 3.71. The SMILES string of the molecule is COc1ccc(F)c(-c2ccc(COc3cccc([C@@H](CC(=O)O)C4CC4)c3)cc2[C@@H](C)C(C)(C)C)c1. The third-order valence-electron chi connectivity index (χ3n) is 7.62. The van der Waals surface area contributed by atoms with E-state index in [0.717, 1.165) is 40.8 Å². The standard InChI is InChI=1S/C32H37FO4/c1-20(32(2,3)4)27-15-21(9-13-26(27)29-17-24(36-5)12-14-30(29)33)19-37-25-8-6-7-23(16-25)28(18-31(34)35)22-10-11-22/h6-9,12-17,20,22,28H,10-11,18-19H2,1-5H3,(H,34,35)/t20-,28+/m1/s1. The van der Waals surface area contributed by atoms with E-state index >= 15 is 0 Å². The van der Waals surface area contributed by atoms with E-state index in [1.807, 2.05) is 36.4 Å². The zero-order valence-electron chi connectivity index (χ0n) is 22.4. The van der Waals surface area contributed by atoms with Gasteiger partial charge in [0.15, 0.2) is 0 Å². The van der Waals surface area contributed by atoms with Gasteiger partial charge in [-0.1, -0.05) is 58.0 Å². The first-order chi connectivity index (χ1) is 17.6. The van der Waals surface area contributed by atoms with Crippen LogP contribution in [0.4, 0.5) is 4.39 Å². The Morgan fingerprint density at radius 3 is 2.43 bits per heavy atom. The number of halogens is 1. The molecular formula is C32H37FO4. The summed E-state index contributed by atoms with van der Waals surface area (Å²) in [5, 5.41) is 9.36. The maximum Gasteiger partial charge on any atom is 0.303 e. The number of methoxy groups -OCH3 is 1. The van der Waals surface area contributed by atoms with E-state index in [2.05, 4.69) is 33.8 Å². The second-order valence-electron chi connectivity index (χ2n) is 11.3. The molecule has 5 heteroatoms. The lowest BCUT2D eigenvalue weighted by Crippen LogP contribution is -2.16. The summed E-state index contributed by atoms with van der Waals surface area (Å²) in [4.78, 5) is 11.4. The van der Waals surface area contributed by atoms with Gasteiger partial charge in [0, 0.05) is 5.56 Å². The lowest BCUT2D eigenvalue weighted by Gasteiger charge is -2.30. The first kappa shape index (κ1) is 26.7. The van der Waals surface area contributed by atoms with Crippen molar-refractivity contribution in [2.75, 3.05) is 7.11 Å². The Bertz CT molecular complexity index is 1260. The smallest absolute Gasteiger partial charge is 0.303 e. The summed E-state index contributed by atoms with van der Waals surface area (Å²) in [5.74, 6) is 0.917. The van der Waals surface area contributed by atoms with Gasteiger partial charge in [-0.25, -0.2) is 4.39 Å². The zero-order valence-corrected chi connectivity index (χ0v) is 22.4. The van der Waals surface area contributed by atoms with Crippen molar-refractivity contribution in [3.63, 3.8) is 0 Å². The molecule has 0 bridgehead atoms. The lowest BCUT2D eigenvalue weighted by atomic mass is 9.75. The first-order valence-corrected chi connectivity index (χ1v) is 13.0. The molecule has 4 rings (SSSR count). The number of rotatable bonds is 10. The van der Waals surface area contributed by atoms with Crippen LogP contribution in [0.3, 0.4) is 0 Å². The minimum absolute atomic E-state index is 0.0253. The largest absolute Gasteiger partial charge is 0.497 e. The van der Waals surface area contributed by atoms with Crippen LogP contribution in [0.25, 0.3) is 11.1 Å². The van der Waals surface area contributed by atoms with E-state index in [4.69, 9.17) is 9.47 Å². The van der Waals surface area contributed by atoms with Gasteiger partial charge >= 0.3 is 5.97 Å².